The maximum absolute atomic E-state index is 13.5. The van der Waals surface area contributed by atoms with E-state index in [0.717, 1.165) is 0 Å². The molecule has 2 aliphatic heterocycles. The van der Waals surface area contributed by atoms with Crippen LogP contribution in [0.1, 0.15) is 27.2 Å². The molecule has 1 unspecified atom stereocenters. The molecule has 4 atom stereocenters. The number of amides is 2. The number of aliphatic hydroxyl groups is 1. The van der Waals surface area contributed by atoms with Crippen LogP contribution >= 0.6 is 0 Å². The Bertz CT molecular complexity index is 840. The van der Waals surface area contributed by atoms with Crippen LogP contribution in [0.2, 0.25) is 0 Å². The van der Waals surface area contributed by atoms with Gasteiger partial charge in [0.25, 0.3) is 0 Å². The number of likely N-dealkylation sites (N-methyl/N-ethyl adjacent to an activating group) is 1. The summed E-state index contributed by atoms with van der Waals surface area (Å²) in [6.07, 6.45) is -0.528. The quantitative estimate of drug-likeness (QED) is 0.613. The SMILES string of the molecule is CNC(=O)[C@@H]1C[C@@H](O)CN1C(=O)[C@@H](N1CC(COc2cccc(O)c2)N=N1)C(C)(C)C. The molecule has 170 valence electrons. The van der Waals surface area contributed by atoms with E-state index in [0.29, 0.717) is 12.3 Å². The maximum atomic E-state index is 13.5. The number of rotatable bonds is 6. The lowest BCUT2D eigenvalue weighted by molar-refractivity contribution is -0.146. The summed E-state index contributed by atoms with van der Waals surface area (Å²) in [6.45, 7) is 6.54. The van der Waals surface area contributed by atoms with Gasteiger partial charge >= 0.3 is 0 Å². The van der Waals surface area contributed by atoms with E-state index >= 15 is 0 Å². The van der Waals surface area contributed by atoms with Crippen molar-refractivity contribution in [1.82, 2.24) is 15.2 Å². The van der Waals surface area contributed by atoms with Crippen molar-refractivity contribution in [3.05, 3.63) is 24.3 Å². The van der Waals surface area contributed by atoms with E-state index in [1.54, 1.807) is 23.2 Å². The van der Waals surface area contributed by atoms with Gasteiger partial charge < -0.3 is 25.2 Å². The molecule has 0 bridgehead atoms. The largest absolute Gasteiger partial charge is 0.508 e. The van der Waals surface area contributed by atoms with Crippen LogP contribution in [0.4, 0.5) is 0 Å². The lowest BCUT2D eigenvalue weighted by atomic mass is 9.85. The lowest BCUT2D eigenvalue weighted by Crippen LogP contribution is -2.56. The number of phenolic OH excluding ortho intramolecular Hbond substituents is 1. The predicted molar refractivity (Wildman–Crippen MR) is 112 cm³/mol. The number of aromatic hydroxyl groups is 1. The standard InChI is InChI=1S/C21H31N5O5/c1-21(2,3)18(20(30)25-11-15(28)9-17(25)19(29)22-4)26-10-13(23-24-26)12-31-16-7-5-6-14(27)8-16/h5-8,13,15,17-18,27-28H,9-12H2,1-4H3,(H,22,29)/t13?,15-,17+,18-/m1/s1. The zero-order valence-corrected chi connectivity index (χ0v) is 18.4. The minimum absolute atomic E-state index is 0.110. The number of benzene rings is 1. The molecule has 31 heavy (non-hydrogen) atoms. The first kappa shape index (κ1) is 22.8. The van der Waals surface area contributed by atoms with E-state index in [9.17, 15) is 19.8 Å². The molecule has 0 saturated carbocycles. The van der Waals surface area contributed by atoms with Gasteiger partial charge in [-0.05, 0) is 17.5 Å². The molecule has 1 saturated heterocycles. The second kappa shape index (κ2) is 9.09. The fourth-order valence-electron chi connectivity index (χ4n) is 4.01. The van der Waals surface area contributed by atoms with E-state index in [1.165, 1.54) is 18.0 Å². The van der Waals surface area contributed by atoms with Crippen LogP contribution < -0.4 is 10.1 Å². The van der Waals surface area contributed by atoms with Gasteiger partial charge in [-0.3, -0.25) is 14.6 Å². The summed E-state index contributed by atoms with van der Waals surface area (Å²) in [4.78, 5) is 27.2. The maximum Gasteiger partial charge on any atom is 0.248 e. The Labute approximate surface area is 181 Å². The average molecular weight is 434 g/mol. The Morgan fingerprint density at radius 2 is 2.06 bits per heavy atom. The normalized spacial score (nSPS) is 24.4. The van der Waals surface area contributed by atoms with Crippen molar-refractivity contribution < 1.29 is 24.5 Å². The molecular weight excluding hydrogens is 402 g/mol. The summed E-state index contributed by atoms with van der Waals surface area (Å²) in [5.74, 6) is 0.0877. The summed E-state index contributed by atoms with van der Waals surface area (Å²) in [7, 11) is 1.52. The summed E-state index contributed by atoms with van der Waals surface area (Å²) in [6, 6.07) is 4.87. The zero-order valence-electron chi connectivity index (χ0n) is 18.4. The van der Waals surface area contributed by atoms with E-state index in [-0.39, 0.29) is 43.2 Å². The van der Waals surface area contributed by atoms with Crippen LogP contribution in [0.25, 0.3) is 0 Å². The predicted octanol–water partition coefficient (Wildman–Crippen LogP) is 0.945. The molecule has 10 heteroatoms. The molecule has 2 amide bonds. The number of ether oxygens (including phenoxy) is 1. The third-order valence-corrected chi connectivity index (χ3v) is 5.45. The van der Waals surface area contributed by atoms with Gasteiger partial charge in [-0.25, -0.2) is 0 Å². The van der Waals surface area contributed by atoms with Crippen LogP contribution in [0.5, 0.6) is 11.5 Å². The lowest BCUT2D eigenvalue weighted by Gasteiger charge is -2.38. The van der Waals surface area contributed by atoms with Crippen molar-refractivity contribution in [2.45, 2.75) is 51.4 Å². The molecule has 3 rings (SSSR count). The molecule has 0 aliphatic carbocycles. The summed E-state index contributed by atoms with van der Waals surface area (Å²) < 4.78 is 5.70. The number of carbonyl (C=O) groups excluding carboxylic acids is 2. The van der Waals surface area contributed by atoms with Gasteiger partial charge in [-0.2, -0.15) is 5.11 Å². The summed E-state index contributed by atoms with van der Waals surface area (Å²) >= 11 is 0. The Morgan fingerprint density at radius 3 is 2.71 bits per heavy atom. The molecule has 2 heterocycles. The topological polar surface area (TPSA) is 127 Å². The highest BCUT2D eigenvalue weighted by molar-refractivity contribution is 5.90. The first-order chi connectivity index (χ1) is 14.6. The summed E-state index contributed by atoms with van der Waals surface area (Å²) in [5.41, 5.74) is -0.488. The fourth-order valence-corrected chi connectivity index (χ4v) is 4.01. The van der Waals surface area contributed by atoms with Gasteiger partial charge in [0.2, 0.25) is 11.8 Å². The monoisotopic (exact) mass is 433 g/mol. The number of hydrogen-bond donors (Lipinski definition) is 3. The minimum atomic E-state index is -0.740. The minimum Gasteiger partial charge on any atom is -0.508 e. The highest BCUT2D eigenvalue weighted by atomic mass is 16.5. The van der Waals surface area contributed by atoms with Crippen LogP contribution in [-0.4, -0.2) is 82.9 Å². The number of carbonyl (C=O) groups is 2. The third-order valence-electron chi connectivity index (χ3n) is 5.45. The molecular formula is C21H31N5O5. The Balaban J connectivity index is 1.69. The second-order valence-electron chi connectivity index (χ2n) is 9.07. The van der Waals surface area contributed by atoms with Crippen LogP contribution in [0.15, 0.2) is 34.6 Å². The van der Waals surface area contributed by atoms with Crippen molar-refractivity contribution in [3.8, 4) is 11.5 Å². The van der Waals surface area contributed by atoms with Gasteiger partial charge in [0.05, 0.1) is 12.6 Å². The zero-order chi connectivity index (χ0) is 22.8. The van der Waals surface area contributed by atoms with Crippen LogP contribution in [0, 0.1) is 5.41 Å². The number of nitrogens with zero attached hydrogens (tertiary/aromatic N) is 4. The molecule has 2 aliphatic rings. The van der Waals surface area contributed by atoms with E-state index < -0.39 is 23.6 Å². The van der Waals surface area contributed by atoms with Gasteiger partial charge in [-0.1, -0.05) is 32.1 Å². The van der Waals surface area contributed by atoms with Crippen LogP contribution in [0.3, 0.4) is 0 Å². The Kier molecular flexibility index (Phi) is 6.68. The molecule has 1 fully saturated rings. The molecule has 0 radical (unpaired) electrons. The van der Waals surface area contributed by atoms with Gasteiger partial charge in [0.15, 0.2) is 0 Å². The number of aliphatic hydroxyl groups excluding tert-OH is 1. The van der Waals surface area contributed by atoms with Crippen molar-refractivity contribution in [3.63, 3.8) is 0 Å². The number of phenols is 1. The smallest absolute Gasteiger partial charge is 0.248 e. The van der Waals surface area contributed by atoms with Gasteiger partial charge in [-0.15, -0.1) is 0 Å². The van der Waals surface area contributed by atoms with E-state index in [4.69, 9.17) is 4.74 Å². The molecule has 1 aromatic rings. The highest BCUT2D eigenvalue weighted by Gasteiger charge is 2.47. The molecule has 10 nitrogen and oxygen atoms in total. The molecule has 1 aromatic carbocycles. The van der Waals surface area contributed by atoms with Crippen molar-refractivity contribution in [2.24, 2.45) is 15.8 Å². The van der Waals surface area contributed by atoms with Crippen LogP contribution in [-0.2, 0) is 9.59 Å². The number of hydrogen-bond acceptors (Lipinski definition) is 8. The summed E-state index contributed by atoms with van der Waals surface area (Å²) in [5, 5.41) is 32.3. The average Bonchev–Trinajstić information content (AvgIpc) is 3.31. The second-order valence-corrected chi connectivity index (χ2v) is 9.07. The van der Waals surface area contributed by atoms with Gasteiger partial charge in [0.1, 0.15) is 36.2 Å². The van der Waals surface area contributed by atoms with E-state index in [2.05, 4.69) is 15.7 Å². The number of β-amino-alcohol motifs (C(OH)–C–C–N with tert-alkyl or cyclic N) is 1. The van der Waals surface area contributed by atoms with Gasteiger partial charge in [0, 0.05) is 26.1 Å². The molecule has 3 N–H and O–H groups in total. The first-order valence-electron chi connectivity index (χ1n) is 10.4. The Morgan fingerprint density at radius 1 is 1.32 bits per heavy atom. The van der Waals surface area contributed by atoms with E-state index in [1.807, 2.05) is 20.8 Å². The van der Waals surface area contributed by atoms with Crippen molar-refractivity contribution in [1.29, 1.82) is 0 Å². The van der Waals surface area contributed by atoms with Crippen molar-refractivity contribution >= 4 is 11.8 Å². The number of likely N-dealkylation sites (tertiary alicyclic amines) is 1. The Hall–Kier alpha value is -2.88. The molecule has 0 spiro atoms. The molecule has 0 aromatic heterocycles. The fraction of sp³-hybridized carbons (Fsp3) is 0.619. The first-order valence-corrected chi connectivity index (χ1v) is 10.4. The number of nitrogens with one attached hydrogen (secondary N) is 1. The van der Waals surface area contributed by atoms with Crippen molar-refractivity contribution in [2.75, 3.05) is 26.7 Å². The highest BCUT2D eigenvalue weighted by Crippen LogP contribution is 2.32. The third kappa shape index (κ3) is 5.25.